The molecule has 0 atom stereocenters. The molecule has 0 aliphatic heterocycles. The van der Waals surface area contributed by atoms with Crippen molar-refractivity contribution in [2.45, 2.75) is 33.7 Å². The van der Waals surface area contributed by atoms with E-state index in [0.717, 1.165) is 13.0 Å². The summed E-state index contributed by atoms with van der Waals surface area (Å²) in [5.74, 6) is 0.0378. The van der Waals surface area contributed by atoms with E-state index in [4.69, 9.17) is 4.74 Å². The third kappa shape index (κ3) is 4.00. The van der Waals surface area contributed by atoms with Gasteiger partial charge in [-0.1, -0.05) is 32.9 Å². The van der Waals surface area contributed by atoms with Crippen molar-refractivity contribution in [1.82, 2.24) is 5.32 Å². The Morgan fingerprint density at radius 2 is 2.06 bits per heavy atom. The van der Waals surface area contributed by atoms with Gasteiger partial charge in [0, 0.05) is 18.7 Å². The Bertz CT molecular complexity index is 363. The van der Waals surface area contributed by atoms with Crippen LogP contribution in [-0.4, -0.2) is 13.7 Å². The Balaban J connectivity index is 2.58. The number of halogens is 1. The predicted molar refractivity (Wildman–Crippen MR) is 68.7 cm³/mol. The highest BCUT2D eigenvalue weighted by Crippen LogP contribution is 2.21. The molecule has 0 aromatic heterocycles. The van der Waals surface area contributed by atoms with E-state index in [2.05, 4.69) is 26.1 Å². The van der Waals surface area contributed by atoms with Crippen molar-refractivity contribution in [3.63, 3.8) is 0 Å². The number of nitrogens with one attached hydrogen (secondary N) is 1. The van der Waals surface area contributed by atoms with Gasteiger partial charge in [0.05, 0.1) is 7.11 Å². The van der Waals surface area contributed by atoms with Crippen LogP contribution in [0.2, 0.25) is 0 Å². The maximum absolute atomic E-state index is 13.8. The molecule has 0 saturated heterocycles. The van der Waals surface area contributed by atoms with Crippen molar-refractivity contribution < 1.29 is 9.13 Å². The Morgan fingerprint density at radius 1 is 1.35 bits per heavy atom. The summed E-state index contributed by atoms with van der Waals surface area (Å²) in [5, 5.41) is 3.29. The Labute approximate surface area is 103 Å². The fourth-order valence-electron chi connectivity index (χ4n) is 1.51. The number of methoxy groups -OCH3 is 1. The normalized spacial score (nSPS) is 11.6. The molecule has 0 bridgehead atoms. The summed E-state index contributed by atoms with van der Waals surface area (Å²) in [7, 11) is 1.48. The zero-order valence-electron chi connectivity index (χ0n) is 11.1. The first kappa shape index (κ1) is 14.0. The molecule has 96 valence electrons. The van der Waals surface area contributed by atoms with Gasteiger partial charge in [-0.15, -0.1) is 0 Å². The summed E-state index contributed by atoms with van der Waals surface area (Å²) in [5.41, 5.74) is 0.895. The van der Waals surface area contributed by atoms with Crippen LogP contribution in [0.15, 0.2) is 18.2 Å². The minimum Gasteiger partial charge on any atom is -0.494 e. The van der Waals surface area contributed by atoms with E-state index < -0.39 is 0 Å². The van der Waals surface area contributed by atoms with Crippen LogP contribution in [0.5, 0.6) is 5.75 Å². The fourth-order valence-corrected chi connectivity index (χ4v) is 1.51. The van der Waals surface area contributed by atoms with E-state index in [1.165, 1.54) is 7.11 Å². The lowest BCUT2D eigenvalue weighted by atomic mass is 9.90. The Morgan fingerprint density at radius 3 is 2.65 bits per heavy atom. The predicted octanol–water partition coefficient (Wildman–Crippen LogP) is 3.36. The van der Waals surface area contributed by atoms with Crippen LogP contribution < -0.4 is 10.1 Å². The zero-order valence-corrected chi connectivity index (χ0v) is 11.1. The maximum atomic E-state index is 13.8. The molecule has 0 spiro atoms. The van der Waals surface area contributed by atoms with Gasteiger partial charge in [0.1, 0.15) is 0 Å². The largest absolute Gasteiger partial charge is 0.494 e. The molecule has 0 saturated carbocycles. The first-order chi connectivity index (χ1) is 8.00. The van der Waals surface area contributed by atoms with Crippen LogP contribution >= 0.6 is 0 Å². The van der Waals surface area contributed by atoms with Crippen molar-refractivity contribution >= 4 is 0 Å². The van der Waals surface area contributed by atoms with Gasteiger partial charge >= 0.3 is 0 Å². The Kier molecular flexibility index (Phi) is 4.94. The quantitative estimate of drug-likeness (QED) is 0.822. The molecule has 1 N–H and O–H groups in total. The molecule has 0 radical (unpaired) electrons. The number of benzene rings is 1. The smallest absolute Gasteiger partial charge is 0.169 e. The lowest BCUT2D eigenvalue weighted by molar-refractivity contribution is 0.325. The van der Waals surface area contributed by atoms with Crippen molar-refractivity contribution in [3.05, 3.63) is 29.6 Å². The minimum absolute atomic E-state index is 0.245. The molecular weight excluding hydrogens is 217 g/mol. The molecule has 2 nitrogen and oxygen atoms in total. The third-order valence-electron chi connectivity index (χ3n) is 3.14. The third-order valence-corrected chi connectivity index (χ3v) is 3.14. The second kappa shape index (κ2) is 6.01. The van der Waals surface area contributed by atoms with Crippen molar-refractivity contribution in [1.29, 1.82) is 0 Å². The van der Waals surface area contributed by atoms with Gasteiger partial charge in [0.15, 0.2) is 11.6 Å². The van der Waals surface area contributed by atoms with Crippen LogP contribution in [0, 0.1) is 11.2 Å². The van der Waals surface area contributed by atoms with Crippen LogP contribution in [0.1, 0.15) is 32.8 Å². The molecule has 0 heterocycles. The average molecular weight is 239 g/mol. The van der Waals surface area contributed by atoms with E-state index in [-0.39, 0.29) is 11.2 Å². The van der Waals surface area contributed by atoms with Gasteiger partial charge in [0.2, 0.25) is 0 Å². The van der Waals surface area contributed by atoms with E-state index in [0.29, 0.717) is 17.9 Å². The number of ether oxygens (including phenoxy) is 1. The van der Waals surface area contributed by atoms with Crippen LogP contribution in [0.25, 0.3) is 0 Å². The van der Waals surface area contributed by atoms with Crippen LogP contribution in [0.3, 0.4) is 0 Å². The average Bonchev–Trinajstić information content (AvgIpc) is 2.31. The van der Waals surface area contributed by atoms with Crippen molar-refractivity contribution in [3.8, 4) is 5.75 Å². The summed E-state index contributed by atoms with van der Waals surface area (Å²) < 4.78 is 18.8. The second-order valence-electron chi connectivity index (χ2n) is 5.05. The summed E-state index contributed by atoms with van der Waals surface area (Å²) in [6.45, 7) is 7.96. The first-order valence-electron chi connectivity index (χ1n) is 6.02. The van der Waals surface area contributed by atoms with Gasteiger partial charge < -0.3 is 10.1 Å². The molecule has 0 fully saturated rings. The molecule has 0 aliphatic carbocycles. The molecule has 0 unspecified atom stereocenters. The zero-order chi connectivity index (χ0) is 12.9. The highest BCUT2D eigenvalue weighted by Gasteiger charge is 2.15. The highest BCUT2D eigenvalue weighted by molar-refractivity contribution is 5.30. The summed E-state index contributed by atoms with van der Waals surface area (Å²) in [6.07, 6.45) is 1.10. The standard InChI is InChI=1S/C14H22FNO/c1-5-14(2,3)10-16-9-11-7-6-8-12(17-4)13(11)15/h6-8,16H,5,9-10H2,1-4H3. The molecule has 0 aliphatic rings. The van der Waals surface area contributed by atoms with Gasteiger partial charge in [-0.2, -0.15) is 0 Å². The highest BCUT2D eigenvalue weighted by atomic mass is 19.1. The van der Waals surface area contributed by atoms with Crippen molar-refractivity contribution in [2.75, 3.05) is 13.7 Å². The van der Waals surface area contributed by atoms with Gasteiger partial charge in [-0.05, 0) is 17.9 Å². The van der Waals surface area contributed by atoms with E-state index in [9.17, 15) is 4.39 Å². The summed E-state index contributed by atoms with van der Waals surface area (Å²) in [6, 6.07) is 5.22. The van der Waals surface area contributed by atoms with Crippen LogP contribution in [-0.2, 0) is 6.54 Å². The lowest BCUT2D eigenvalue weighted by Gasteiger charge is -2.23. The number of hydrogen-bond acceptors (Lipinski definition) is 2. The lowest BCUT2D eigenvalue weighted by Crippen LogP contribution is -2.28. The van der Waals surface area contributed by atoms with Crippen molar-refractivity contribution in [2.24, 2.45) is 5.41 Å². The molecule has 0 amide bonds. The topological polar surface area (TPSA) is 21.3 Å². The van der Waals surface area contributed by atoms with E-state index in [1.807, 2.05) is 6.07 Å². The SMILES string of the molecule is CCC(C)(C)CNCc1cccc(OC)c1F. The first-order valence-corrected chi connectivity index (χ1v) is 6.02. The number of rotatable bonds is 6. The fraction of sp³-hybridized carbons (Fsp3) is 0.571. The van der Waals surface area contributed by atoms with Crippen LogP contribution in [0.4, 0.5) is 4.39 Å². The van der Waals surface area contributed by atoms with Gasteiger partial charge in [-0.25, -0.2) is 4.39 Å². The molecule has 1 aromatic rings. The molecule has 1 rings (SSSR count). The molecule has 1 aromatic carbocycles. The van der Waals surface area contributed by atoms with Gasteiger partial charge in [0.25, 0.3) is 0 Å². The minimum atomic E-state index is -0.267. The molecule has 17 heavy (non-hydrogen) atoms. The molecule has 3 heteroatoms. The number of hydrogen-bond donors (Lipinski definition) is 1. The maximum Gasteiger partial charge on any atom is 0.169 e. The molecular formula is C14H22FNO. The summed E-state index contributed by atoms with van der Waals surface area (Å²) >= 11 is 0. The second-order valence-corrected chi connectivity index (χ2v) is 5.05. The Hall–Kier alpha value is -1.09. The van der Waals surface area contributed by atoms with E-state index in [1.54, 1.807) is 12.1 Å². The van der Waals surface area contributed by atoms with Gasteiger partial charge in [-0.3, -0.25) is 0 Å². The summed E-state index contributed by atoms with van der Waals surface area (Å²) in [4.78, 5) is 0. The van der Waals surface area contributed by atoms with E-state index >= 15 is 0 Å². The monoisotopic (exact) mass is 239 g/mol.